The molecule has 22 heavy (non-hydrogen) atoms. The van der Waals surface area contributed by atoms with Gasteiger partial charge in [0.2, 0.25) is 0 Å². The second-order valence-corrected chi connectivity index (χ2v) is 5.01. The van der Waals surface area contributed by atoms with Crippen LogP contribution in [0.5, 0.6) is 0 Å². The second-order valence-electron chi connectivity index (χ2n) is 5.01. The predicted octanol–water partition coefficient (Wildman–Crippen LogP) is 4.37. The number of hydrogen-bond acceptors (Lipinski definition) is 3. The number of nitrogens with one attached hydrogen (secondary N) is 2. The molecule has 0 spiro atoms. The molecule has 4 aromatic rings. The standard InChI is InChI=1S/C18H14N4/c1-3-7-13(8-4-1)16-15-11-12-19-18(17(15)22-21-16)20-14-9-5-2-6-10-14/h1-12H,(H,19,20)(H,21,22). The molecule has 4 rings (SSSR count). The van der Waals surface area contributed by atoms with Crippen molar-refractivity contribution in [3.63, 3.8) is 0 Å². The molecule has 2 heterocycles. The number of pyridine rings is 1. The minimum Gasteiger partial charge on any atom is -0.338 e. The Morgan fingerprint density at radius 1 is 0.818 bits per heavy atom. The van der Waals surface area contributed by atoms with Crippen molar-refractivity contribution in [3.05, 3.63) is 72.9 Å². The monoisotopic (exact) mass is 286 g/mol. The minimum absolute atomic E-state index is 0.776. The summed E-state index contributed by atoms with van der Waals surface area (Å²) in [7, 11) is 0. The van der Waals surface area contributed by atoms with Gasteiger partial charge < -0.3 is 5.32 Å². The first-order chi connectivity index (χ1) is 10.9. The van der Waals surface area contributed by atoms with E-state index in [4.69, 9.17) is 0 Å². The summed E-state index contributed by atoms with van der Waals surface area (Å²) in [6, 6.07) is 22.1. The lowest BCUT2D eigenvalue weighted by molar-refractivity contribution is 1.12. The molecule has 0 aliphatic rings. The van der Waals surface area contributed by atoms with Crippen molar-refractivity contribution in [2.75, 3.05) is 5.32 Å². The summed E-state index contributed by atoms with van der Waals surface area (Å²) in [5.41, 5.74) is 3.93. The Morgan fingerprint density at radius 2 is 1.55 bits per heavy atom. The average Bonchev–Trinajstić information content (AvgIpc) is 3.02. The number of H-pyrrole nitrogens is 1. The topological polar surface area (TPSA) is 53.6 Å². The lowest BCUT2D eigenvalue weighted by atomic mass is 10.1. The first-order valence-electron chi connectivity index (χ1n) is 7.12. The Hall–Kier alpha value is -3.14. The van der Waals surface area contributed by atoms with Gasteiger partial charge in [0.15, 0.2) is 5.82 Å². The van der Waals surface area contributed by atoms with Crippen LogP contribution in [0.4, 0.5) is 11.5 Å². The maximum Gasteiger partial charge on any atom is 0.156 e. The number of anilines is 2. The molecule has 0 radical (unpaired) electrons. The van der Waals surface area contributed by atoms with Gasteiger partial charge in [0, 0.05) is 22.8 Å². The van der Waals surface area contributed by atoms with Crippen LogP contribution in [0, 0.1) is 0 Å². The lowest BCUT2D eigenvalue weighted by Gasteiger charge is -2.06. The van der Waals surface area contributed by atoms with Gasteiger partial charge in [0.25, 0.3) is 0 Å². The number of aromatic amines is 1. The normalized spacial score (nSPS) is 10.7. The first-order valence-corrected chi connectivity index (χ1v) is 7.12. The third-order valence-electron chi connectivity index (χ3n) is 3.57. The first kappa shape index (κ1) is 12.6. The van der Waals surface area contributed by atoms with Crippen molar-refractivity contribution < 1.29 is 0 Å². The number of nitrogens with zero attached hydrogens (tertiary/aromatic N) is 2. The van der Waals surface area contributed by atoms with E-state index < -0.39 is 0 Å². The van der Waals surface area contributed by atoms with Crippen molar-refractivity contribution in [3.8, 4) is 11.3 Å². The van der Waals surface area contributed by atoms with Crippen LogP contribution in [0.15, 0.2) is 72.9 Å². The third-order valence-corrected chi connectivity index (χ3v) is 3.57. The van der Waals surface area contributed by atoms with Gasteiger partial charge in [-0.25, -0.2) is 4.98 Å². The van der Waals surface area contributed by atoms with E-state index in [9.17, 15) is 0 Å². The van der Waals surface area contributed by atoms with Crippen LogP contribution in [0.3, 0.4) is 0 Å². The van der Waals surface area contributed by atoms with Crippen LogP contribution >= 0.6 is 0 Å². The largest absolute Gasteiger partial charge is 0.338 e. The summed E-state index contributed by atoms with van der Waals surface area (Å²) in [4.78, 5) is 4.43. The van der Waals surface area contributed by atoms with Gasteiger partial charge in [-0.1, -0.05) is 48.5 Å². The molecule has 0 amide bonds. The van der Waals surface area contributed by atoms with Crippen molar-refractivity contribution >= 4 is 22.4 Å². The molecule has 0 saturated heterocycles. The van der Waals surface area contributed by atoms with Crippen LogP contribution < -0.4 is 5.32 Å². The number of rotatable bonds is 3. The summed E-state index contributed by atoms with van der Waals surface area (Å²) in [5, 5.41) is 11.9. The Morgan fingerprint density at radius 3 is 2.32 bits per heavy atom. The molecule has 0 fully saturated rings. The van der Waals surface area contributed by atoms with E-state index in [1.54, 1.807) is 6.20 Å². The van der Waals surface area contributed by atoms with E-state index in [0.717, 1.165) is 33.7 Å². The zero-order valence-corrected chi connectivity index (χ0v) is 11.8. The predicted molar refractivity (Wildman–Crippen MR) is 89.0 cm³/mol. The molecule has 0 saturated carbocycles. The zero-order chi connectivity index (χ0) is 14.8. The maximum atomic E-state index is 4.46. The fourth-order valence-electron chi connectivity index (χ4n) is 2.51. The van der Waals surface area contributed by atoms with Crippen LogP contribution in [-0.4, -0.2) is 15.2 Å². The number of hydrogen-bond donors (Lipinski definition) is 2. The fourth-order valence-corrected chi connectivity index (χ4v) is 2.51. The highest BCUT2D eigenvalue weighted by molar-refractivity contribution is 5.98. The number of aromatic nitrogens is 3. The summed E-state index contributed by atoms with van der Waals surface area (Å²) < 4.78 is 0. The van der Waals surface area contributed by atoms with Crippen LogP contribution in [0.2, 0.25) is 0 Å². The molecule has 2 aromatic carbocycles. The molecule has 0 unspecified atom stereocenters. The highest BCUT2D eigenvalue weighted by Gasteiger charge is 2.11. The lowest BCUT2D eigenvalue weighted by Crippen LogP contribution is -1.93. The van der Waals surface area contributed by atoms with Crippen molar-refractivity contribution in [2.45, 2.75) is 0 Å². The second kappa shape index (κ2) is 5.33. The van der Waals surface area contributed by atoms with E-state index in [0.29, 0.717) is 0 Å². The van der Waals surface area contributed by atoms with Crippen molar-refractivity contribution in [1.82, 2.24) is 15.2 Å². The Labute approximate surface area is 127 Å². The third kappa shape index (κ3) is 2.20. The highest BCUT2D eigenvalue weighted by Crippen LogP contribution is 2.30. The van der Waals surface area contributed by atoms with E-state index >= 15 is 0 Å². The van der Waals surface area contributed by atoms with Crippen LogP contribution in [0.25, 0.3) is 22.2 Å². The zero-order valence-electron chi connectivity index (χ0n) is 11.8. The summed E-state index contributed by atoms with van der Waals surface area (Å²) in [6.45, 7) is 0. The number of benzene rings is 2. The average molecular weight is 286 g/mol. The van der Waals surface area contributed by atoms with Crippen LogP contribution in [-0.2, 0) is 0 Å². The maximum absolute atomic E-state index is 4.46. The molecule has 2 N–H and O–H groups in total. The Kier molecular flexibility index (Phi) is 3.05. The van der Waals surface area contributed by atoms with E-state index in [1.165, 1.54) is 0 Å². The number of para-hydroxylation sites is 1. The van der Waals surface area contributed by atoms with E-state index in [-0.39, 0.29) is 0 Å². The number of fused-ring (bicyclic) bond motifs is 1. The van der Waals surface area contributed by atoms with Gasteiger partial charge in [0.05, 0.1) is 0 Å². The van der Waals surface area contributed by atoms with Crippen molar-refractivity contribution in [1.29, 1.82) is 0 Å². The summed E-state index contributed by atoms with van der Waals surface area (Å²) in [6.07, 6.45) is 1.80. The Bertz CT molecular complexity index is 898. The molecule has 106 valence electrons. The molecular weight excluding hydrogens is 272 g/mol. The smallest absolute Gasteiger partial charge is 0.156 e. The molecule has 2 aromatic heterocycles. The van der Waals surface area contributed by atoms with Gasteiger partial charge in [-0.2, -0.15) is 5.10 Å². The van der Waals surface area contributed by atoms with Gasteiger partial charge in [0.1, 0.15) is 11.2 Å². The van der Waals surface area contributed by atoms with Gasteiger partial charge in [-0.15, -0.1) is 0 Å². The molecular formula is C18H14N4. The molecule has 4 nitrogen and oxygen atoms in total. The fraction of sp³-hybridized carbons (Fsp3) is 0. The molecule has 0 bridgehead atoms. The molecule has 4 heteroatoms. The summed E-state index contributed by atoms with van der Waals surface area (Å²) in [5.74, 6) is 0.776. The van der Waals surface area contributed by atoms with Gasteiger partial charge in [-0.05, 0) is 18.2 Å². The van der Waals surface area contributed by atoms with Crippen molar-refractivity contribution in [2.24, 2.45) is 0 Å². The minimum atomic E-state index is 0.776. The molecule has 0 atom stereocenters. The molecule has 0 aliphatic carbocycles. The van der Waals surface area contributed by atoms with Crippen LogP contribution in [0.1, 0.15) is 0 Å². The molecule has 0 aliphatic heterocycles. The van der Waals surface area contributed by atoms with Gasteiger partial charge >= 0.3 is 0 Å². The summed E-state index contributed by atoms with van der Waals surface area (Å²) >= 11 is 0. The van der Waals surface area contributed by atoms with Gasteiger partial charge in [-0.3, -0.25) is 5.10 Å². The highest BCUT2D eigenvalue weighted by atomic mass is 15.1. The SMILES string of the molecule is c1ccc(Nc2nccc3c(-c4ccccc4)n[nH]c23)cc1. The Balaban J connectivity index is 1.81. The quantitative estimate of drug-likeness (QED) is 0.588. The van der Waals surface area contributed by atoms with E-state index in [1.807, 2.05) is 54.6 Å². The van der Waals surface area contributed by atoms with E-state index in [2.05, 4.69) is 32.6 Å².